The van der Waals surface area contributed by atoms with Gasteiger partial charge in [-0.15, -0.1) is 0 Å². The molecular formula is C41H45Cl2NO4Si. The van der Waals surface area contributed by atoms with E-state index in [4.69, 9.17) is 32.4 Å². The van der Waals surface area contributed by atoms with Gasteiger partial charge in [-0.3, -0.25) is 9.59 Å². The van der Waals surface area contributed by atoms with Crippen molar-refractivity contribution in [3.8, 4) is 0 Å². The fourth-order valence-electron chi connectivity index (χ4n) is 7.93. The Morgan fingerprint density at radius 3 is 1.98 bits per heavy atom. The van der Waals surface area contributed by atoms with Crippen molar-refractivity contribution >= 4 is 53.8 Å². The Bertz CT molecular complexity index is 1750. The van der Waals surface area contributed by atoms with E-state index in [0.29, 0.717) is 35.2 Å². The SMILES string of the molecule is CCOC(=O)[C@@H]1CC1c1cccc2c1C[C@H](CO[Si](c1ccccc1)(c1ccccc1)C(C)(C)C)N(C(=O)Cc1c(Cl)cccc1Cl)[C@H]2C. The summed E-state index contributed by atoms with van der Waals surface area (Å²) in [4.78, 5) is 29.2. The second-order valence-corrected chi connectivity index (χ2v) is 19.4. The quantitative estimate of drug-likeness (QED) is 0.123. The van der Waals surface area contributed by atoms with Crippen LogP contribution < -0.4 is 10.4 Å². The van der Waals surface area contributed by atoms with Crippen LogP contribution in [0.15, 0.2) is 97.1 Å². The van der Waals surface area contributed by atoms with Gasteiger partial charge in [0.15, 0.2) is 0 Å². The first kappa shape index (κ1) is 35.4. The molecule has 0 bridgehead atoms. The van der Waals surface area contributed by atoms with Crippen molar-refractivity contribution in [1.82, 2.24) is 4.90 Å². The van der Waals surface area contributed by atoms with Crippen LogP contribution in [0.3, 0.4) is 0 Å². The number of hydrogen-bond donors (Lipinski definition) is 0. The molecule has 1 aliphatic heterocycles. The summed E-state index contributed by atoms with van der Waals surface area (Å²) in [7, 11) is -2.90. The third-order valence-electron chi connectivity index (χ3n) is 10.3. The van der Waals surface area contributed by atoms with Gasteiger partial charge in [-0.25, -0.2) is 0 Å². The fourth-order valence-corrected chi connectivity index (χ4v) is 13.1. The molecule has 256 valence electrons. The molecule has 0 spiro atoms. The summed E-state index contributed by atoms with van der Waals surface area (Å²) in [5, 5.41) is 3.11. The Labute approximate surface area is 301 Å². The van der Waals surface area contributed by atoms with Crippen molar-refractivity contribution in [1.29, 1.82) is 0 Å². The fraction of sp³-hybridized carbons (Fsp3) is 0.366. The van der Waals surface area contributed by atoms with Crippen LogP contribution in [0.25, 0.3) is 0 Å². The minimum atomic E-state index is -2.90. The predicted molar refractivity (Wildman–Crippen MR) is 200 cm³/mol. The number of fused-ring (bicyclic) bond motifs is 1. The molecule has 1 amide bonds. The molecule has 49 heavy (non-hydrogen) atoms. The lowest BCUT2D eigenvalue weighted by atomic mass is 9.84. The van der Waals surface area contributed by atoms with Crippen LogP contribution in [0.1, 0.15) is 75.3 Å². The van der Waals surface area contributed by atoms with E-state index in [1.807, 2.05) is 24.0 Å². The molecule has 1 aliphatic carbocycles. The highest BCUT2D eigenvalue weighted by atomic mass is 35.5. The highest BCUT2D eigenvalue weighted by Gasteiger charge is 2.52. The first-order valence-corrected chi connectivity index (χ1v) is 19.9. The molecule has 2 aliphatic rings. The Morgan fingerprint density at radius 1 is 0.837 bits per heavy atom. The van der Waals surface area contributed by atoms with E-state index in [0.717, 1.165) is 12.0 Å². The van der Waals surface area contributed by atoms with E-state index in [9.17, 15) is 9.59 Å². The van der Waals surface area contributed by atoms with Crippen molar-refractivity contribution in [3.05, 3.63) is 129 Å². The summed E-state index contributed by atoms with van der Waals surface area (Å²) in [6.07, 6.45) is 1.48. The molecule has 4 atom stereocenters. The molecule has 0 aromatic heterocycles. The van der Waals surface area contributed by atoms with E-state index in [-0.39, 0.29) is 47.3 Å². The maximum Gasteiger partial charge on any atom is 0.309 e. The van der Waals surface area contributed by atoms with Gasteiger partial charge in [-0.2, -0.15) is 0 Å². The summed E-state index contributed by atoms with van der Waals surface area (Å²) >= 11 is 13.2. The smallest absolute Gasteiger partial charge is 0.309 e. The summed E-state index contributed by atoms with van der Waals surface area (Å²) in [6.45, 7) is 11.5. The van der Waals surface area contributed by atoms with Gasteiger partial charge in [0.1, 0.15) is 0 Å². The normalized spacial score (nSPS) is 20.4. The van der Waals surface area contributed by atoms with Gasteiger partial charge >= 0.3 is 5.97 Å². The second kappa shape index (κ2) is 14.4. The number of benzene rings is 4. The first-order chi connectivity index (χ1) is 23.5. The molecule has 1 saturated carbocycles. The number of amides is 1. The molecule has 1 unspecified atom stereocenters. The molecule has 0 radical (unpaired) electrons. The number of carbonyl (C=O) groups is 2. The van der Waals surface area contributed by atoms with Crippen LogP contribution in [0, 0.1) is 5.92 Å². The zero-order chi connectivity index (χ0) is 34.9. The average Bonchev–Trinajstić information content (AvgIpc) is 3.88. The monoisotopic (exact) mass is 713 g/mol. The number of carbonyl (C=O) groups excluding carboxylic acids is 2. The Kier molecular flexibility index (Phi) is 10.4. The second-order valence-electron chi connectivity index (χ2n) is 14.3. The van der Waals surface area contributed by atoms with Gasteiger partial charge in [-0.1, -0.05) is 129 Å². The molecule has 5 nitrogen and oxygen atoms in total. The molecule has 1 fully saturated rings. The van der Waals surface area contributed by atoms with Gasteiger partial charge in [0.25, 0.3) is 8.32 Å². The van der Waals surface area contributed by atoms with Crippen molar-refractivity contribution in [2.45, 2.75) is 76.9 Å². The third kappa shape index (κ3) is 6.85. The molecule has 0 N–H and O–H groups in total. The van der Waals surface area contributed by atoms with Crippen molar-refractivity contribution < 1.29 is 18.8 Å². The molecule has 1 heterocycles. The standard InChI is InChI=1S/C41H45Cl2NO4Si/c1-6-47-40(46)35-24-34(35)32-20-13-19-31-27(2)44(39(45)25-36-37(42)21-14-22-38(36)43)28(23-33(31)32)26-48-49(41(3,4)5,29-15-9-7-10-16-29)30-17-11-8-12-18-30/h7-22,27-28,34-35H,6,23-26H2,1-5H3/t27-,28+,34?,35+/m0/s1. The lowest BCUT2D eigenvalue weighted by Crippen LogP contribution is -2.67. The summed E-state index contributed by atoms with van der Waals surface area (Å²) < 4.78 is 12.9. The molecule has 4 aromatic carbocycles. The predicted octanol–water partition coefficient (Wildman–Crippen LogP) is 8.29. The zero-order valence-corrected chi connectivity index (χ0v) is 31.4. The van der Waals surface area contributed by atoms with Crippen LogP contribution in [-0.4, -0.2) is 44.3 Å². The van der Waals surface area contributed by atoms with Gasteiger partial charge in [0, 0.05) is 10.0 Å². The average molecular weight is 715 g/mol. The van der Waals surface area contributed by atoms with E-state index in [2.05, 4.69) is 94.4 Å². The minimum Gasteiger partial charge on any atom is -0.466 e. The number of ether oxygens (including phenoxy) is 1. The lowest BCUT2D eigenvalue weighted by Gasteiger charge is -2.47. The zero-order valence-electron chi connectivity index (χ0n) is 28.9. The van der Waals surface area contributed by atoms with Crippen LogP contribution in [0.2, 0.25) is 15.1 Å². The summed E-state index contributed by atoms with van der Waals surface area (Å²) in [5.74, 6) is -0.196. The number of rotatable bonds is 10. The van der Waals surface area contributed by atoms with Crippen molar-refractivity contribution in [3.63, 3.8) is 0 Å². The van der Waals surface area contributed by atoms with Crippen molar-refractivity contribution in [2.75, 3.05) is 13.2 Å². The molecular weight excluding hydrogens is 669 g/mol. The Hall–Kier alpha value is -3.42. The van der Waals surface area contributed by atoms with Crippen LogP contribution in [0.4, 0.5) is 0 Å². The third-order valence-corrected chi connectivity index (χ3v) is 16.0. The van der Waals surface area contributed by atoms with Crippen LogP contribution in [0.5, 0.6) is 0 Å². The van der Waals surface area contributed by atoms with Crippen LogP contribution >= 0.6 is 23.2 Å². The van der Waals surface area contributed by atoms with E-state index < -0.39 is 8.32 Å². The van der Waals surface area contributed by atoms with Gasteiger partial charge < -0.3 is 14.1 Å². The molecule has 0 saturated heterocycles. The highest BCUT2D eigenvalue weighted by Crippen LogP contribution is 2.51. The minimum absolute atomic E-state index is 0.0505. The number of hydrogen-bond acceptors (Lipinski definition) is 4. The summed E-state index contributed by atoms with van der Waals surface area (Å²) in [5.41, 5.74) is 4.12. The van der Waals surface area contributed by atoms with E-state index in [1.54, 1.807) is 18.2 Å². The Morgan fingerprint density at radius 2 is 1.41 bits per heavy atom. The van der Waals surface area contributed by atoms with Crippen molar-refractivity contribution in [2.24, 2.45) is 5.92 Å². The highest BCUT2D eigenvalue weighted by molar-refractivity contribution is 6.99. The van der Waals surface area contributed by atoms with E-state index in [1.165, 1.54) is 21.5 Å². The topological polar surface area (TPSA) is 55.8 Å². The molecule has 8 heteroatoms. The summed E-state index contributed by atoms with van der Waals surface area (Å²) in [6, 6.07) is 32.3. The molecule has 6 rings (SSSR count). The maximum atomic E-state index is 14.5. The number of halogens is 2. The number of nitrogens with zero attached hydrogens (tertiary/aromatic N) is 1. The van der Waals surface area contributed by atoms with E-state index >= 15 is 0 Å². The van der Waals surface area contributed by atoms with Gasteiger partial charge in [0.05, 0.1) is 37.6 Å². The lowest BCUT2D eigenvalue weighted by molar-refractivity contribution is -0.144. The first-order valence-electron chi connectivity index (χ1n) is 17.2. The van der Waals surface area contributed by atoms with Crippen LogP contribution in [-0.2, 0) is 31.6 Å². The maximum absolute atomic E-state index is 14.5. The van der Waals surface area contributed by atoms with Gasteiger partial charge in [-0.05, 0) is 82.4 Å². The van der Waals surface area contributed by atoms with Gasteiger partial charge in [0.2, 0.25) is 5.91 Å². The Balaban J connectivity index is 1.42. The number of esters is 1. The molecule has 4 aromatic rings. The largest absolute Gasteiger partial charge is 0.466 e.